The highest BCUT2D eigenvalue weighted by atomic mass is 79.9. The number of anilines is 1. The van der Waals surface area contributed by atoms with E-state index in [1.165, 1.54) is 22.7 Å². The van der Waals surface area contributed by atoms with Crippen LogP contribution in [0.15, 0.2) is 28.1 Å². The second-order valence-corrected chi connectivity index (χ2v) is 10.5. The summed E-state index contributed by atoms with van der Waals surface area (Å²) in [6, 6.07) is 7.58. The normalized spacial score (nSPS) is 14.7. The average Bonchev–Trinajstić information content (AvgIpc) is 3.29. The Hall–Kier alpha value is -0.740. The van der Waals surface area contributed by atoms with E-state index >= 15 is 0 Å². The van der Waals surface area contributed by atoms with Gasteiger partial charge in [-0.05, 0) is 52.7 Å². The van der Waals surface area contributed by atoms with Crippen LogP contribution in [-0.4, -0.2) is 55.2 Å². The summed E-state index contributed by atoms with van der Waals surface area (Å²) in [7, 11) is 0. The quantitative estimate of drug-likeness (QED) is 0.433. The van der Waals surface area contributed by atoms with Crippen molar-refractivity contribution in [3.8, 4) is 0 Å². The Morgan fingerprint density at radius 1 is 1.31 bits per heavy atom. The monoisotopic (exact) mass is 535 g/mol. The minimum absolute atomic E-state index is 0. The molecule has 2 aromatic heterocycles. The molecule has 3 heterocycles. The molecule has 1 aliphatic heterocycles. The molecule has 4 rings (SSSR count). The lowest BCUT2D eigenvalue weighted by Gasteiger charge is -2.29. The fourth-order valence-corrected chi connectivity index (χ4v) is 5.95. The number of hydrogen-bond acceptors (Lipinski definition) is 6. The molecule has 5 nitrogen and oxygen atoms in total. The number of carbonyl (C=O) groups is 1. The summed E-state index contributed by atoms with van der Waals surface area (Å²) < 4.78 is 7.36. The third kappa shape index (κ3) is 5.31. The van der Waals surface area contributed by atoms with Gasteiger partial charge in [-0.3, -0.25) is 14.6 Å². The summed E-state index contributed by atoms with van der Waals surface area (Å²) in [5.41, 5.74) is 1.92. The lowest BCUT2D eigenvalue weighted by Crippen LogP contribution is -2.43. The van der Waals surface area contributed by atoms with E-state index < -0.39 is 0 Å². The van der Waals surface area contributed by atoms with Gasteiger partial charge in [-0.15, -0.1) is 23.7 Å². The maximum Gasteiger partial charge on any atom is 0.270 e. The van der Waals surface area contributed by atoms with Gasteiger partial charge in [0.1, 0.15) is 0 Å². The third-order valence-electron chi connectivity index (χ3n) is 4.64. The van der Waals surface area contributed by atoms with Crippen molar-refractivity contribution in [1.82, 2.24) is 9.88 Å². The highest BCUT2D eigenvalue weighted by Gasteiger charge is 2.24. The maximum atomic E-state index is 13.3. The van der Waals surface area contributed by atoms with Crippen LogP contribution < -0.4 is 4.90 Å². The van der Waals surface area contributed by atoms with Crippen LogP contribution in [0.3, 0.4) is 0 Å². The molecule has 1 amide bonds. The van der Waals surface area contributed by atoms with Crippen LogP contribution in [0.25, 0.3) is 10.2 Å². The molecule has 0 aliphatic carbocycles. The first kappa shape index (κ1) is 22.9. The van der Waals surface area contributed by atoms with Crippen LogP contribution in [0, 0.1) is 6.92 Å². The molecule has 1 fully saturated rings. The summed E-state index contributed by atoms with van der Waals surface area (Å²) in [6.07, 6.45) is 0. The molecular formula is C19H20BrCl2N3O2S2. The van der Waals surface area contributed by atoms with Crippen molar-refractivity contribution in [1.29, 1.82) is 0 Å². The number of thiazole rings is 1. The number of carbonyl (C=O) groups excluding carboxylic acids is 1. The predicted molar refractivity (Wildman–Crippen MR) is 128 cm³/mol. The van der Waals surface area contributed by atoms with E-state index in [9.17, 15) is 4.79 Å². The lowest BCUT2D eigenvalue weighted by molar-refractivity contribution is 0.0391. The number of hydrogen-bond donors (Lipinski definition) is 0. The molecule has 0 N–H and O–H groups in total. The number of halogens is 3. The molecule has 0 spiro atoms. The van der Waals surface area contributed by atoms with Gasteiger partial charge in [-0.25, -0.2) is 4.98 Å². The highest BCUT2D eigenvalue weighted by Crippen LogP contribution is 2.34. The summed E-state index contributed by atoms with van der Waals surface area (Å²) >= 11 is 12.6. The lowest BCUT2D eigenvalue weighted by atomic mass is 10.2. The Kier molecular flexibility index (Phi) is 7.94. The Morgan fingerprint density at radius 3 is 2.76 bits per heavy atom. The summed E-state index contributed by atoms with van der Waals surface area (Å²) in [6.45, 7) is 6.63. The summed E-state index contributed by atoms with van der Waals surface area (Å²) in [5.74, 6) is -0.0215. The average molecular weight is 537 g/mol. The van der Waals surface area contributed by atoms with E-state index in [4.69, 9.17) is 21.3 Å². The molecule has 29 heavy (non-hydrogen) atoms. The van der Waals surface area contributed by atoms with Gasteiger partial charge >= 0.3 is 0 Å². The van der Waals surface area contributed by atoms with Gasteiger partial charge < -0.3 is 4.74 Å². The van der Waals surface area contributed by atoms with E-state index in [2.05, 4.69) is 20.8 Å². The summed E-state index contributed by atoms with van der Waals surface area (Å²) in [4.78, 5) is 22.9. The minimum Gasteiger partial charge on any atom is -0.379 e. The number of aryl methyl sites for hydroxylation is 1. The van der Waals surface area contributed by atoms with Crippen molar-refractivity contribution < 1.29 is 9.53 Å². The molecule has 10 heteroatoms. The van der Waals surface area contributed by atoms with Crippen LogP contribution in [0.4, 0.5) is 5.13 Å². The zero-order valence-corrected chi connectivity index (χ0v) is 20.5. The van der Waals surface area contributed by atoms with Gasteiger partial charge in [-0.1, -0.05) is 22.9 Å². The van der Waals surface area contributed by atoms with Crippen LogP contribution in [0.1, 0.15) is 15.2 Å². The number of thiophene rings is 1. The maximum absolute atomic E-state index is 13.3. The molecule has 1 aliphatic rings. The minimum atomic E-state index is -0.0215. The number of morpholine rings is 1. The molecule has 0 unspecified atom stereocenters. The highest BCUT2D eigenvalue weighted by molar-refractivity contribution is 9.11. The van der Waals surface area contributed by atoms with Gasteiger partial charge in [-0.2, -0.15) is 0 Å². The number of fused-ring (bicyclic) bond motifs is 1. The Morgan fingerprint density at radius 2 is 2.07 bits per heavy atom. The second-order valence-electron chi connectivity index (χ2n) is 6.58. The van der Waals surface area contributed by atoms with Crippen LogP contribution in [0.5, 0.6) is 0 Å². The largest absolute Gasteiger partial charge is 0.379 e. The molecule has 3 aromatic rings. The fourth-order valence-electron chi connectivity index (χ4n) is 3.17. The Balaban J connectivity index is 0.00000240. The van der Waals surface area contributed by atoms with Gasteiger partial charge in [0.25, 0.3) is 5.91 Å². The van der Waals surface area contributed by atoms with Crippen LogP contribution in [0.2, 0.25) is 5.02 Å². The number of nitrogens with zero attached hydrogens (tertiary/aromatic N) is 3. The zero-order chi connectivity index (χ0) is 19.7. The SMILES string of the molecule is Cc1cc(Cl)cc2sc(N(CCN3CCOCC3)C(=O)c3ccc(Br)s3)nc12.Cl. The van der Waals surface area contributed by atoms with Crippen molar-refractivity contribution in [2.24, 2.45) is 0 Å². The van der Waals surface area contributed by atoms with Crippen molar-refractivity contribution in [3.05, 3.63) is 43.5 Å². The molecule has 1 saturated heterocycles. The number of rotatable bonds is 5. The van der Waals surface area contributed by atoms with Gasteiger partial charge in [0, 0.05) is 31.2 Å². The smallest absolute Gasteiger partial charge is 0.270 e. The second kappa shape index (κ2) is 10.0. The zero-order valence-electron chi connectivity index (χ0n) is 15.7. The summed E-state index contributed by atoms with van der Waals surface area (Å²) in [5, 5.41) is 1.40. The van der Waals surface area contributed by atoms with Crippen molar-refractivity contribution >= 4 is 83.9 Å². The van der Waals surface area contributed by atoms with E-state index in [0.717, 1.165) is 52.4 Å². The number of benzene rings is 1. The van der Waals surface area contributed by atoms with E-state index in [1.807, 2.05) is 31.2 Å². The first-order valence-electron chi connectivity index (χ1n) is 8.95. The van der Waals surface area contributed by atoms with E-state index in [-0.39, 0.29) is 18.3 Å². The number of amides is 1. The molecule has 156 valence electrons. The standard InChI is InChI=1S/C19H19BrClN3O2S2.ClH/c1-12-10-13(21)11-15-17(12)22-19(28-15)24(5-4-23-6-8-26-9-7-23)18(25)14-2-3-16(20)27-14;/h2-3,10-11H,4-9H2,1H3;1H. The molecule has 1 aromatic carbocycles. The van der Waals surface area contributed by atoms with Gasteiger partial charge in [0.05, 0.1) is 32.1 Å². The van der Waals surface area contributed by atoms with Crippen molar-refractivity contribution in [2.75, 3.05) is 44.3 Å². The topological polar surface area (TPSA) is 45.7 Å². The predicted octanol–water partition coefficient (Wildman–Crippen LogP) is 5.48. The first-order valence-corrected chi connectivity index (χ1v) is 11.8. The fraction of sp³-hybridized carbons (Fsp3) is 0.368. The Labute approximate surface area is 197 Å². The van der Waals surface area contributed by atoms with Crippen molar-refractivity contribution in [2.45, 2.75) is 6.92 Å². The molecule has 0 radical (unpaired) electrons. The molecule has 0 saturated carbocycles. The first-order chi connectivity index (χ1) is 13.5. The number of aromatic nitrogens is 1. The molecular weight excluding hydrogens is 517 g/mol. The Bertz CT molecular complexity index is 1000. The van der Waals surface area contributed by atoms with Gasteiger partial charge in [0.2, 0.25) is 0 Å². The van der Waals surface area contributed by atoms with E-state index in [0.29, 0.717) is 21.6 Å². The van der Waals surface area contributed by atoms with Crippen LogP contribution >= 0.6 is 62.6 Å². The number of ether oxygens (including phenoxy) is 1. The van der Waals surface area contributed by atoms with E-state index in [1.54, 1.807) is 4.90 Å². The molecule has 0 bridgehead atoms. The van der Waals surface area contributed by atoms with Gasteiger partial charge in [0.15, 0.2) is 5.13 Å². The van der Waals surface area contributed by atoms with Crippen molar-refractivity contribution in [3.63, 3.8) is 0 Å². The third-order valence-corrected chi connectivity index (χ3v) is 7.50. The molecule has 0 atom stereocenters. The van der Waals surface area contributed by atoms with Crippen LogP contribution in [-0.2, 0) is 4.74 Å².